The minimum atomic E-state index is -4.62. The van der Waals surface area contributed by atoms with E-state index < -0.39 is 23.5 Å². The minimum Gasteiger partial charge on any atom is -0.355 e. The van der Waals surface area contributed by atoms with E-state index in [1.807, 2.05) is 6.92 Å². The molecule has 0 bridgehead atoms. The fraction of sp³-hybridized carbons (Fsp3) is 0.296. The molecule has 200 valence electrons. The van der Waals surface area contributed by atoms with Crippen LogP contribution in [0.5, 0.6) is 0 Å². The van der Waals surface area contributed by atoms with E-state index in [4.69, 9.17) is 0 Å². The topological polar surface area (TPSA) is 62.7 Å². The summed E-state index contributed by atoms with van der Waals surface area (Å²) in [6.45, 7) is 6.48. The third-order valence-corrected chi connectivity index (χ3v) is 6.18. The maximum atomic E-state index is 13.6. The third kappa shape index (κ3) is 6.21. The van der Waals surface area contributed by atoms with Crippen LogP contribution in [-0.4, -0.2) is 21.0 Å². The molecule has 2 N–H and O–H groups in total. The zero-order valence-corrected chi connectivity index (χ0v) is 20.7. The van der Waals surface area contributed by atoms with E-state index in [1.165, 1.54) is 30.5 Å². The summed E-state index contributed by atoms with van der Waals surface area (Å²) in [4.78, 5) is 12.9. The zero-order chi connectivity index (χ0) is 27.7. The second-order valence-corrected chi connectivity index (χ2v) is 9.24. The summed E-state index contributed by atoms with van der Waals surface area (Å²) in [5.74, 6) is 0.342. The maximum absolute atomic E-state index is 13.6. The van der Waals surface area contributed by atoms with Crippen LogP contribution < -0.4 is 10.6 Å². The Morgan fingerprint density at radius 3 is 2.18 bits per heavy atom. The van der Waals surface area contributed by atoms with Crippen LogP contribution in [0, 0.1) is 5.92 Å². The average Bonchev–Trinajstić information content (AvgIpc) is 2.86. The van der Waals surface area contributed by atoms with Crippen LogP contribution >= 0.6 is 0 Å². The van der Waals surface area contributed by atoms with Crippen LogP contribution in [-0.2, 0) is 18.9 Å². The van der Waals surface area contributed by atoms with Crippen LogP contribution in [0.1, 0.15) is 37.6 Å². The highest BCUT2D eigenvalue weighted by atomic mass is 19.4. The normalized spacial score (nSPS) is 13.2. The summed E-state index contributed by atoms with van der Waals surface area (Å²) >= 11 is 0. The summed E-state index contributed by atoms with van der Waals surface area (Å²) in [7, 11) is 0. The van der Waals surface area contributed by atoms with Crippen LogP contribution in [0.4, 0.5) is 37.7 Å². The second-order valence-electron chi connectivity index (χ2n) is 9.24. The fourth-order valence-corrected chi connectivity index (χ4v) is 3.72. The molecule has 0 saturated heterocycles. The number of anilines is 2. The van der Waals surface area contributed by atoms with Crippen molar-refractivity contribution in [1.82, 2.24) is 20.3 Å². The second kappa shape index (κ2) is 10.6. The van der Waals surface area contributed by atoms with E-state index in [0.29, 0.717) is 34.9 Å². The Morgan fingerprint density at radius 1 is 0.842 bits per heavy atom. The zero-order valence-electron chi connectivity index (χ0n) is 20.7. The number of benzene rings is 1. The molecule has 0 radical (unpaired) electrons. The Labute approximate surface area is 215 Å². The smallest absolute Gasteiger partial charge is 0.355 e. The van der Waals surface area contributed by atoms with Gasteiger partial charge in [-0.2, -0.15) is 26.3 Å². The number of pyridine rings is 3. The Morgan fingerprint density at radius 2 is 1.55 bits per heavy atom. The summed E-state index contributed by atoms with van der Waals surface area (Å²) in [5.41, 5.74) is -0.394. The minimum absolute atomic E-state index is 0.000868. The molecule has 1 unspecified atom stereocenters. The monoisotopic (exact) mass is 533 g/mol. The highest BCUT2D eigenvalue weighted by molar-refractivity contribution is 5.92. The molecule has 0 aliphatic rings. The first-order valence-electron chi connectivity index (χ1n) is 11.8. The van der Waals surface area contributed by atoms with Crippen molar-refractivity contribution in [1.29, 1.82) is 0 Å². The van der Waals surface area contributed by atoms with Gasteiger partial charge in [-0.1, -0.05) is 13.8 Å². The van der Waals surface area contributed by atoms with Crippen LogP contribution in [0.2, 0.25) is 0 Å². The number of hydrogen-bond acceptors (Lipinski definition) is 5. The molecule has 3 heterocycles. The number of fused-ring (bicyclic) bond motifs is 1. The van der Waals surface area contributed by atoms with Crippen molar-refractivity contribution >= 4 is 22.4 Å². The van der Waals surface area contributed by atoms with Gasteiger partial charge in [0, 0.05) is 29.9 Å². The van der Waals surface area contributed by atoms with Crippen molar-refractivity contribution in [3.05, 3.63) is 77.6 Å². The molecule has 4 aromatic rings. The van der Waals surface area contributed by atoms with Crippen molar-refractivity contribution in [3.8, 4) is 11.4 Å². The quantitative estimate of drug-likeness (QED) is 0.240. The molecule has 1 atom stereocenters. The molecule has 0 aliphatic carbocycles. The lowest BCUT2D eigenvalue weighted by Gasteiger charge is -2.18. The van der Waals surface area contributed by atoms with Gasteiger partial charge >= 0.3 is 12.4 Å². The fourth-order valence-electron chi connectivity index (χ4n) is 3.72. The van der Waals surface area contributed by atoms with E-state index in [2.05, 4.69) is 39.4 Å². The first-order chi connectivity index (χ1) is 17.8. The Bertz CT molecular complexity index is 1410. The van der Waals surface area contributed by atoms with Gasteiger partial charge in [0.05, 0.1) is 28.2 Å². The van der Waals surface area contributed by atoms with Gasteiger partial charge in [0.25, 0.3) is 0 Å². The summed E-state index contributed by atoms with van der Waals surface area (Å²) < 4.78 is 79.7. The molecule has 38 heavy (non-hydrogen) atoms. The van der Waals surface area contributed by atoms with Crippen LogP contribution in [0.3, 0.4) is 0 Å². The standard InChI is InChI=1S/C27H25F6N5/c1-15(2)16(3)35-14-19-13-23(36-18-8-6-17(7-9-18)26(28,29)30)20-10-11-22(38-25(20)37-19)24-21(27(31,32)33)5-4-12-34-24/h4-13,15-16,35H,14H2,1-3H3,(H,36,37,38). The SMILES string of the molecule is CC(C)C(C)NCc1cc(Nc2ccc(C(F)(F)F)cc2)c2ccc(-c3ncccc3C(F)(F)F)nc2n1. The van der Waals surface area contributed by atoms with Gasteiger partial charge in [-0.3, -0.25) is 4.98 Å². The summed E-state index contributed by atoms with van der Waals surface area (Å²) in [6, 6.07) is 11.6. The number of rotatable bonds is 7. The Balaban J connectivity index is 1.78. The molecule has 0 fully saturated rings. The van der Waals surface area contributed by atoms with Gasteiger partial charge in [0.1, 0.15) is 5.69 Å². The van der Waals surface area contributed by atoms with Gasteiger partial charge < -0.3 is 10.6 Å². The molecule has 5 nitrogen and oxygen atoms in total. The summed E-state index contributed by atoms with van der Waals surface area (Å²) in [5, 5.41) is 6.93. The average molecular weight is 534 g/mol. The van der Waals surface area contributed by atoms with Gasteiger partial charge in [-0.05, 0) is 67.4 Å². The van der Waals surface area contributed by atoms with Crippen molar-refractivity contribution in [2.75, 3.05) is 5.32 Å². The van der Waals surface area contributed by atoms with Gasteiger partial charge in [-0.15, -0.1) is 0 Å². The highest BCUT2D eigenvalue weighted by Gasteiger charge is 2.34. The molecule has 0 spiro atoms. The number of nitrogens with zero attached hydrogens (tertiary/aromatic N) is 3. The van der Waals surface area contributed by atoms with E-state index in [1.54, 1.807) is 12.1 Å². The van der Waals surface area contributed by atoms with Crippen molar-refractivity contribution < 1.29 is 26.3 Å². The lowest BCUT2D eigenvalue weighted by atomic mass is 10.1. The lowest BCUT2D eigenvalue weighted by molar-refractivity contribution is -0.138. The number of aromatic nitrogens is 3. The predicted molar refractivity (Wildman–Crippen MR) is 134 cm³/mol. The lowest BCUT2D eigenvalue weighted by Crippen LogP contribution is -2.30. The highest BCUT2D eigenvalue weighted by Crippen LogP contribution is 2.36. The molecule has 11 heteroatoms. The van der Waals surface area contributed by atoms with E-state index in [9.17, 15) is 26.3 Å². The number of hydrogen-bond donors (Lipinski definition) is 2. The van der Waals surface area contributed by atoms with Crippen molar-refractivity contribution in [3.63, 3.8) is 0 Å². The first-order valence-corrected chi connectivity index (χ1v) is 11.8. The molecule has 1 aromatic carbocycles. The van der Waals surface area contributed by atoms with E-state index >= 15 is 0 Å². The Kier molecular flexibility index (Phi) is 7.59. The Hall–Kier alpha value is -3.73. The molecule has 3 aromatic heterocycles. The third-order valence-electron chi connectivity index (χ3n) is 6.18. The molecular formula is C27H25F6N5. The van der Waals surface area contributed by atoms with Gasteiger partial charge in [0.2, 0.25) is 0 Å². The summed E-state index contributed by atoms with van der Waals surface area (Å²) in [6.07, 6.45) is -7.83. The van der Waals surface area contributed by atoms with Crippen LogP contribution in [0.15, 0.2) is 60.8 Å². The molecule has 0 amide bonds. The van der Waals surface area contributed by atoms with E-state index in [-0.39, 0.29) is 23.1 Å². The molecule has 0 saturated carbocycles. The van der Waals surface area contributed by atoms with Crippen molar-refractivity contribution in [2.24, 2.45) is 5.92 Å². The largest absolute Gasteiger partial charge is 0.418 e. The number of alkyl halides is 6. The molecule has 4 rings (SSSR count). The first kappa shape index (κ1) is 27.3. The van der Waals surface area contributed by atoms with Gasteiger partial charge in [0.15, 0.2) is 5.65 Å². The molecular weight excluding hydrogens is 508 g/mol. The van der Waals surface area contributed by atoms with E-state index in [0.717, 1.165) is 18.2 Å². The maximum Gasteiger partial charge on any atom is 0.418 e. The molecule has 0 aliphatic heterocycles. The van der Waals surface area contributed by atoms with Crippen LogP contribution in [0.25, 0.3) is 22.4 Å². The number of halogens is 6. The number of nitrogens with one attached hydrogen (secondary N) is 2. The predicted octanol–water partition coefficient (Wildman–Crippen LogP) is 7.61. The van der Waals surface area contributed by atoms with Crippen molar-refractivity contribution in [2.45, 2.75) is 45.7 Å². The van der Waals surface area contributed by atoms with Gasteiger partial charge in [-0.25, -0.2) is 9.97 Å².